The van der Waals surface area contributed by atoms with Gasteiger partial charge >= 0.3 is 5.97 Å². The highest BCUT2D eigenvalue weighted by Crippen LogP contribution is 2.40. The molecule has 3 N–H and O–H groups in total. The number of amides is 3. The number of cyclic esters (lactones) is 1. The summed E-state index contributed by atoms with van der Waals surface area (Å²) in [6, 6.07) is 8.01. The Morgan fingerprint density at radius 1 is 0.930 bits per heavy atom. The van der Waals surface area contributed by atoms with Gasteiger partial charge in [-0.2, -0.15) is 0 Å². The molecular formula is C33H43N5O5. The molecule has 2 fully saturated rings. The number of carbonyl (C=O) groups is 4. The van der Waals surface area contributed by atoms with Crippen LogP contribution in [0.1, 0.15) is 89.9 Å². The van der Waals surface area contributed by atoms with Crippen molar-refractivity contribution in [3.8, 4) is 0 Å². The van der Waals surface area contributed by atoms with Crippen molar-refractivity contribution in [3.05, 3.63) is 47.7 Å². The van der Waals surface area contributed by atoms with Crippen LogP contribution in [-0.4, -0.2) is 58.4 Å². The Kier molecular flexibility index (Phi) is 9.15. The Hall–Kier alpha value is -3.79. The van der Waals surface area contributed by atoms with Gasteiger partial charge in [-0.1, -0.05) is 63.5 Å². The Bertz CT molecular complexity index is 1420. The van der Waals surface area contributed by atoms with Crippen molar-refractivity contribution in [1.82, 2.24) is 26.1 Å². The summed E-state index contributed by atoms with van der Waals surface area (Å²) in [5.41, 5.74) is 4.60. The van der Waals surface area contributed by atoms with E-state index in [0.717, 1.165) is 41.4 Å². The summed E-state index contributed by atoms with van der Waals surface area (Å²) in [5, 5.41) is 8.17. The smallest absolute Gasteiger partial charge is 0.316 e. The zero-order valence-electron chi connectivity index (χ0n) is 25.5. The average molecular weight is 590 g/mol. The van der Waals surface area contributed by atoms with Crippen LogP contribution in [0.25, 0.3) is 17.0 Å². The lowest BCUT2D eigenvalue weighted by molar-refractivity contribution is -0.168. The third-order valence-electron chi connectivity index (χ3n) is 8.88. The zero-order chi connectivity index (χ0) is 30.7. The zero-order valence-corrected chi connectivity index (χ0v) is 25.5. The van der Waals surface area contributed by atoms with Crippen LogP contribution in [-0.2, 0) is 23.9 Å². The SMILES string of the molecule is CC(C)[C@@H]1OC(=O)C2(/C=C/c3ccc4ccc(nc4c3)[C@@H](C)NC(=O)[C@@H]3CCCN(N3)C(=O)[C@H](C)NC1=O)CCCCC2. The van der Waals surface area contributed by atoms with Crippen molar-refractivity contribution in [2.75, 3.05) is 6.54 Å². The highest BCUT2D eigenvalue weighted by Gasteiger charge is 2.42. The summed E-state index contributed by atoms with van der Waals surface area (Å²) in [7, 11) is 0. The number of benzene rings is 1. The number of nitrogens with one attached hydrogen (secondary N) is 3. The van der Waals surface area contributed by atoms with Crippen LogP contribution in [0.2, 0.25) is 0 Å². The summed E-state index contributed by atoms with van der Waals surface area (Å²) in [6.45, 7) is 7.54. The minimum absolute atomic E-state index is 0.226. The standard InChI is InChI=1S/C33H43N5O5/c1-20(2)28-30(40)35-22(4)31(41)38-18-8-9-26(37-38)29(39)34-21(3)25-13-12-24-11-10-23(19-27(24)36-25)14-17-33(32(42)43-28)15-6-5-7-16-33/h10-14,17,19-22,26,28,37H,5-9,15-16,18H2,1-4H3,(H,34,39)(H,35,40)/b17-14+/t21-,22+,26+,28+/m1/s1. The van der Waals surface area contributed by atoms with Crippen molar-refractivity contribution >= 4 is 40.7 Å². The second kappa shape index (κ2) is 12.8. The van der Waals surface area contributed by atoms with Gasteiger partial charge in [0.2, 0.25) is 5.91 Å². The van der Waals surface area contributed by atoms with E-state index < -0.39 is 35.5 Å². The van der Waals surface area contributed by atoms with E-state index in [1.54, 1.807) is 6.92 Å². The van der Waals surface area contributed by atoms with Crippen molar-refractivity contribution in [1.29, 1.82) is 0 Å². The molecule has 1 aromatic carbocycles. The third-order valence-corrected chi connectivity index (χ3v) is 8.88. The Morgan fingerprint density at radius 3 is 2.40 bits per heavy atom. The number of aromatic nitrogens is 1. The Labute approximate surface area is 253 Å². The molecule has 1 aliphatic carbocycles. The highest BCUT2D eigenvalue weighted by molar-refractivity contribution is 5.92. The van der Waals surface area contributed by atoms with Crippen LogP contribution in [0.5, 0.6) is 0 Å². The fraction of sp³-hybridized carbons (Fsp3) is 0.545. The molecule has 10 heteroatoms. The van der Waals surface area contributed by atoms with Crippen LogP contribution in [0.4, 0.5) is 0 Å². The molecule has 0 unspecified atom stereocenters. The number of fused-ring (bicyclic) bond motifs is 4. The molecule has 1 spiro atoms. The van der Waals surface area contributed by atoms with E-state index in [1.807, 2.05) is 63.3 Å². The lowest BCUT2D eigenvalue weighted by Gasteiger charge is -2.36. The summed E-state index contributed by atoms with van der Waals surface area (Å²) >= 11 is 0. The average Bonchev–Trinajstić information content (AvgIpc) is 3.01. The summed E-state index contributed by atoms with van der Waals surface area (Å²) in [4.78, 5) is 58.7. The molecule has 2 aliphatic heterocycles. The number of esters is 1. The molecule has 1 aromatic heterocycles. The van der Waals surface area contributed by atoms with Crippen LogP contribution in [0.3, 0.4) is 0 Å². The van der Waals surface area contributed by atoms with E-state index in [2.05, 4.69) is 16.1 Å². The topological polar surface area (TPSA) is 130 Å². The van der Waals surface area contributed by atoms with Crippen molar-refractivity contribution < 1.29 is 23.9 Å². The molecular weight excluding hydrogens is 546 g/mol. The van der Waals surface area contributed by atoms with Gasteiger partial charge in [0, 0.05) is 11.9 Å². The van der Waals surface area contributed by atoms with Gasteiger partial charge < -0.3 is 15.4 Å². The molecule has 3 heterocycles. The molecule has 2 aromatic rings. The largest absolute Gasteiger partial charge is 0.451 e. The molecule has 5 bridgehead atoms. The molecule has 3 aliphatic rings. The second-order valence-corrected chi connectivity index (χ2v) is 12.6. The lowest BCUT2D eigenvalue weighted by atomic mass is 9.73. The van der Waals surface area contributed by atoms with Crippen molar-refractivity contribution in [2.45, 2.75) is 96.9 Å². The number of rotatable bonds is 1. The van der Waals surface area contributed by atoms with E-state index in [4.69, 9.17) is 9.72 Å². The van der Waals surface area contributed by atoms with Gasteiger partial charge in [-0.3, -0.25) is 29.2 Å². The normalized spacial score (nSPS) is 28.0. The number of pyridine rings is 1. The van der Waals surface area contributed by atoms with Gasteiger partial charge in [0.25, 0.3) is 11.8 Å². The first-order chi connectivity index (χ1) is 20.6. The Morgan fingerprint density at radius 2 is 1.65 bits per heavy atom. The van der Waals surface area contributed by atoms with Gasteiger partial charge in [-0.25, -0.2) is 5.43 Å². The maximum Gasteiger partial charge on any atom is 0.316 e. The molecule has 10 nitrogen and oxygen atoms in total. The van der Waals surface area contributed by atoms with Crippen molar-refractivity contribution in [2.24, 2.45) is 11.3 Å². The molecule has 3 amide bonds. The monoisotopic (exact) mass is 589 g/mol. The van der Waals surface area contributed by atoms with E-state index in [1.165, 1.54) is 5.01 Å². The molecule has 0 radical (unpaired) electrons. The van der Waals surface area contributed by atoms with Gasteiger partial charge in [0.05, 0.1) is 22.7 Å². The molecule has 4 atom stereocenters. The number of nitrogens with zero attached hydrogens (tertiary/aromatic N) is 2. The minimum atomic E-state index is -1.05. The fourth-order valence-electron chi connectivity index (χ4n) is 6.21. The Balaban J connectivity index is 1.53. The summed E-state index contributed by atoms with van der Waals surface area (Å²) in [5.74, 6) is -1.82. The molecule has 1 saturated heterocycles. The van der Waals surface area contributed by atoms with E-state index in [9.17, 15) is 19.2 Å². The summed E-state index contributed by atoms with van der Waals surface area (Å²) < 4.78 is 5.98. The highest BCUT2D eigenvalue weighted by atomic mass is 16.5. The van der Waals surface area contributed by atoms with Gasteiger partial charge in [-0.15, -0.1) is 0 Å². The van der Waals surface area contributed by atoms with Crippen LogP contribution < -0.4 is 16.1 Å². The molecule has 1 saturated carbocycles. The number of hydrogen-bond donors (Lipinski definition) is 3. The fourth-order valence-corrected chi connectivity index (χ4v) is 6.21. The lowest BCUT2D eigenvalue weighted by Crippen LogP contribution is -2.61. The van der Waals surface area contributed by atoms with E-state index >= 15 is 0 Å². The number of hydrogen-bond acceptors (Lipinski definition) is 7. The predicted molar refractivity (Wildman–Crippen MR) is 163 cm³/mol. The third kappa shape index (κ3) is 6.74. The molecule has 43 heavy (non-hydrogen) atoms. The van der Waals surface area contributed by atoms with Crippen LogP contribution >= 0.6 is 0 Å². The number of ether oxygens (including phenoxy) is 1. The maximum atomic E-state index is 13.8. The van der Waals surface area contributed by atoms with Gasteiger partial charge in [0.1, 0.15) is 12.1 Å². The van der Waals surface area contributed by atoms with E-state index in [-0.39, 0.29) is 23.8 Å². The first-order valence-electron chi connectivity index (χ1n) is 15.6. The van der Waals surface area contributed by atoms with Crippen molar-refractivity contribution in [3.63, 3.8) is 0 Å². The minimum Gasteiger partial charge on any atom is -0.451 e. The first kappa shape index (κ1) is 30.7. The first-order valence-corrected chi connectivity index (χ1v) is 15.6. The van der Waals surface area contributed by atoms with Gasteiger partial charge in [0.15, 0.2) is 6.10 Å². The van der Waals surface area contributed by atoms with E-state index in [0.29, 0.717) is 32.2 Å². The molecule has 230 valence electrons. The van der Waals surface area contributed by atoms with Crippen LogP contribution in [0, 0.1) is 11.3 Å². The quantitative estimate of drug-likeness (QED) is 0.430. The number of carbonyl (C=O) groups excluding carboxylic acids is 4. The van der Waals surface area contributed by atoms with Crippen LogP contribution in [0.15, 0.2) is 36.4 Å². The molecule has 5 rings (SSSR count). The maximum absolute atomic E-state index is 13.8. The van der Waals surface area contributed by atoms with Gasteiger partial charge in [-0.05, 0) is 63.1 Å². The number of hydrazine groups is 1. The second-order valence-electron chi connectivity index (χ2n) is 12.6. The predicted octanol–water partition coefficient (Wildman–Crippen LogP) is 3.96. The summed E-state index contributed by atoms with van der Waals surface area (Å²) in [6.07, 6.45) is 8.11.